The van der Waals surface area contributed by atoms with E-state index in [1.54, 1.807) is 0 Å². The van der Waals surface area contributed by atoms with Crippen molar-refractivity contribution in [2.45, 2.75) is 6.18 Å². The summed E-state index contributed by atoms with van der Waals surface area (Å²) in [7, 11) is 0. The van der Waals surface area contributed by atoms with E-state index in [1.807, 2.05) is 0 Å². The largest absolute Gasteiger partial charge is 0.419 e. The van der Waals surface area contributed by atoms with E-state index in [4.69, 9.17) is 17.3 Å². The molecule has 2 aromatic heterocycles. The first kappa shape index (κ1) is 11.7. The number of anilines is 1. The zero-order valence-electron chi connectivity index (χ0n) is 8.12. The molecule has 2 N–H and O–H groups in total. The van der Waals surface area contributed by atoms with Crippen LogP contribution in [0.2, 0.25) is 5.15 Å². The molecule has 8 heteroatoms. The first-order valence-corrected chi connectivity index (χ1v) is 4.73. The third-order valence-corrected chi connectivity index (χ3v) is 2.44. The van der Waals surface area contributed by atoms with E-state index in [0.717, 1.165) is 18.3 Å². The molecule has 0 spiro atoms. The van der Waals surface area contributed by atoms with Gasteiger partial charge in [0.25, 0.3) is 5.56 Å². The number of hydrogen-bond donors (Lipinski definition) is 1. The van der Waals surface area contributed by atoms with Gasteiger partial charge in [-0.25, -0.2) is 4.98 Å². The lowest BCUT2D eigenvalue weighted by molar-refractivity contribution is -0.136. The van der Waals surface area contributed by atoms with Crippen molar-refractivity contribution in [1.29, 1.82) is 0 Å². The molecule has 0 saturated heterocycles. The SMILES string of the molecule is Nc1c(Cl)nc2c(C(F)(F)F)cccn2c1=O. The minimum atomic E-state index is -4.62. The molecular weight excluding hydrogens is 259 g/mol. The summed E-state index contributed by atoms with van der Waals surface area (Å²) in [6.45, 7) is 0. The molecule has 0 unspecified atom stereocenters. The Labute approximate surface area is 97.4 Å². The predicted octanol–water partition coefficient (Wildman–Crippen LogP) is 1.95. The number of nitrogens with zero attached hydrogens (tertiary/aromatic N) is 2. The van der Waals surface area contributed by atoms with Crippen LogP contribution in [0.5, 0.6) is 0 Å². The van der Waals surface area contributed by atoms with Gasteiger partial charge in [0.1, 0.15) is 5.69 Å². The van der Waals surface area contributed by atoms with Gasteiger partial charge in [0.2, 0.25) is 0 Å². The van der Waals surface area contributed by atoms with Gasteiger partial charge in [-0.3, -0.25) is 9.20 Å². The highest BCUT2D eigenvalue weighted by Crippen LogP contribution is 2.31. The van der Waals surface area contributed by atoms with Crippen molar-refractivity contribution in [3.63, 3.8) is 0 Å². The van der Waals surface area contributed by atoms with E-state index in [9.17, 15) is 18.0 Å². The Hall–Kier alpha value is -1.76. The average Bonchev–Trinajstić information content (AvgIpc) is 2.24. The minimum absolute atomic E-state index is 0.386. The number of hydrogen-bond acceptors (Lipinski definition) is 3. The maximum absolute atomic E-state index is 12.7. The maximum Gasteiger partial charge on any atom is 0.419 e. The van der Waals surface area contributed by atoms with Crippen molar-refractivity contribution >= 4 is 22.9 Å². The van der Waals surface area contributed by atoms with Crippen molar-refractivity contribution in [1.82, 2.24) is 9.38 Å². The van der Waals surface area contributed by atoms with Crippen molar-refractivity contribution in [2.75, 3.05) is 5.73 Å². The third kappa shape index (κ3) is 1.82. The van der Waals surface area contributed by atoms with Crippen LogP contribution < -0.4 is 11.3 Å². The predicted molar refractivity (Wildman–Crippen MR) is 55.9 cm³/mol. The Morgan fingerprint density at radius 3 is 2.65 bits per heavy atom. The fraction of sp³-hybridized carbons (Fsp3) is 0.111. The monoisotopic (exact) mass is 263 g/mol. The molecule has 0 amide bonds. The van der Waals surface area contributed by atoms with Gasteiger partial charge in [0.15, 0.2) is 10.8 Å². The van der Waals surface area contributed by atoms with Crippen molar-refractivity contribution in [3.8, 4) is 0 Å². The highest BCUT2D eigenvalue weighted by Gasteiger charge is 2.34. The molecule has 0 saturated carbocycles. The number of fused-ring (bicyclic) bond motifs is 1. The van der Waals surface area contributed by atoms with Crippen LogP contribution in [0, 0.1) is 0 Å². The Morgan fingerprint density at radius 2 is 2.06 bits per heavy atom. The first-order valence-electron chi connectivity index (χ1n) is 4.36. The Balaban J connectivity index is 2.97. The normalized spacial score (nSPS) is 12.0. The quantitative estimate of drug-likeness (QED) is 0.739. The standard InChI is InChI=1S/C9H5ClF3N3O/c10-6-5(14)8(17)16-3-1-2-4(7(16)15-6)9(11,12)13/h1-3H,14H2. The Bertz CT molecular complexity index is 650. The summed E-state index contributed by atoms with van der Waals surface area (Å²) in [5.74, 6) is 0. The lowest BCUT2D eigenvalue weighted by Gasteiger charge is -2.10. The summed E-state index contributed by atoms with van der Waals surface area (Å²) >= 11 is 5.50. The van der Waals surface area contributed by atoms with E-state index in [-0.39, 0.29) is 5.69 Å². The number of pyridine rings is 1. The molecule has 0 bridgehead atoms. The molecule has 0 atom stereocenters. The lowest BCUT2D eigenvalue weighted by atomic mass is 10.2. The Morgan fingerprint density at radius 1 is 1.41 bits per heavy atom. The van der Waals surface area contributed by atoms with Gasteiger partial charge in [-0.1, -0.05) is 11.6 Å². The highest BCUT2D eigenvalue weighted by molar-refractivity contribution is 6.31. The number of aromatic nitrogens is 2. The van der Waals surface area contributed by atoms with Crippen LogP contribution in [-0.2, 0) is 6.18 Å². The fourth-order valence-electron chi connectivity index (χ4n) is 1.37. The molecule has 2 aromatic rings. The van der Waals surface area contributed by atoms with Gasteiger partial charge in [-0.2, -0.15) is 13.2 Å². The number of alkyl halides is 3. The average molecular weight is 264 g/mol. The van der Waals surface area contributed by atoms with Gasteiger partial charge in [0, 0.05) is 6.20 Å². The summed E-state index contributed by atoms with van der Waals surface area (Å²) in [5.41, 5.74) is 2.48. The van der Waals surface area contributed by atoms with Gasteiger partial charge < -0.3 is 5.73 Å². The van der Waals surface area contributed by atoms with Crippen molar-refractivity contribution in [3.05, 3.63) is 39.4 Å². The van der Waals surface area contributed by atoms with Crippen LogP contribution in [0.4, 0.5) is 18.9 Å². The first-order chi connectivity index (χ1) is 7.82. The molecule has 0 aromatic carbocycles. The van der Waals surface area contributed by atoms with Crippen molar-refractivity contribution in [2.24, 2.45) is 0 Å². The third-order valence-electron chi connectivity index (χ3n) is 2.15. The molecule has 2 rings (SSSR count). The molecule has 0 aliphatic carbocycles. The molecule has 2 heterocycles. The summed E-state index contributed by atoms with van der Waals surface area (Å²) in [6.07, 6.45) is -3.47. The second kappa shape index (κ2) is 3.63. The van der Waals surface area contributed by atoms with Crippen LogP contribution >= 0.6 is 11.6 Å². The number of nitrogen functional groups attached to an aromatic ring is 1. The van der Waals surface area contributed by atoms with E-state index in [2.05, 4.69) is 4.98 Å². The zero-order chi connectivity index (χ0) is 12.8. The van der Waals surface area contributed by atoms with Gasteiger partial charge in [0.05, 0.1) is 5.56 Å². The minimum Gasteiger partial charge on any atom is -0.392 e. The molecule has 17 heavy (non-hydrogen) atoms. The van der Waals surface area contributed by atoms with Gasteiger partial charge in [-0.05, 0) is 12.1 Å². The summed E-state index contributed by atoms with van der Waals surface area (Å²) in [4.78, 5) is 15.1. The van der Waals surface area contributed by atoms with Crippen LogP contribution in [0.25, 0.3) is 5.65 Å². The molecule has 4 nitrogen and oxygen atoms in total. The topological polar surface area (TPSA) is 60.4 Å². The number of halogens is 4. The second-order valence-electron chi connectivity index (χ2n) is 3.23. The van der Waals surface area contributed by atoms with Crippen LogP contribution in [-0.4, -0.2) is 9.38 Å². The summed E-state index contributed by atoms with van der Waals surface area (Å²) < 4.78 is 38.7. The molecule has 0 aliphatic heterocycles. The van der Waals surface area contributed by atoms with Gasteiger partial charge >= 0.3 is 6.18 Å². The number of nitrogens with two attached hydrogens (primary N) is 1. The smallest absolute Gasteiger partial charge is 0.392 e. The lowest BCUT2D eigenvalue weighted by Crippen LogP contribution is -2.21. The Kier molecular flexibility index (Phi) is 2.50. The second-order valence-corrected chi connectivity index (χ2v) is 3.59. The maximum atomic E-state index is 12.7. The molecule has 90 valence electrons. The van der Waals surface area contributed by atoms with E-state index in [1.165, 1.54) is 0 Å². The van der Waals surface area contributed by atoms with Crippen LogP contribution in [0.15, 0.2) is 23.1 Å². The van der Waals surface area contributed by atoms with Crippen LogP contribution in [0.1, 0.15) is 5.56 Å². The van der Waals surface area contributed by atoms with E-state index >= 15 is 0 Å². The van der Waals surface area contributed by atoms with Crippen LogP contribution in [0.3, 0.4) is 0 Å². The summed E-state index contributed by atoms with van der Waals surface area (Å²) in [6, 6.07) is 1.90. The zero-order valence-corrected chi connectivity index (χ0v) is 8.88. The number of rotatable bonds is 0. The molecule has 0 aliphatic rings. The van der Waals surface area contributed by atoms with Crippen molar-refractivity contribution < 1.29 is 13.2 Å². The molecule has 0 fully saturated rings. The van der Waals surface area contributed by atoms with E-state index < -0.39 is 28.1 Å². The highest BCUT2D eigenvalue weighted by atomic mass is 35.5. The molecule has 0 radical (unpaired) electrons. The molecular formula is C9H5ClF3N3O. The summed E-state index contributed by atoms with van der Waals surface area (Å²) in [5, 5.41) is -0.438. The fourth-order valence-corrected chi connectivity index (χ4v) is 1.53. The van der Waals surface area contributed by atoms with E-state index in [0.29, 0.717) is 4.40 Å². The van der Waals surface area contributed by atoms with Gasteiger partial charge in [-0.15, -0.1) is 0 Å².